The van der Waals surface area contributed by atoms with E-state index < -0.39 is 0 Å². The van der Waals surface area contributed by atoms with Gasteiger partial charge >= 0.3 is 0 Å². The summed E-state index contributed by atoms with van der Waals surface area (Å²) in [5.41, 5.74) is 5.41. The Bertz CT molecular complexity index is 840. The highest BCUT2D eigenvalue weighted by atomic mass is 16.2. The number of benzene rings is 2. The number of nitrogens with zero attached hydrogens (tertiary/aromatic N) is 2. The Kier molecular flexibility index (Phi) is 3.87. The van der Waals surface area contributed by atoms with Crippen LogP contribution in [0, 0.1) is 0 Å². The molecule has 120 valence electrons. The predicted octanol–water partition coefficient (Wildman–Crippen LogP) is 3.20. The quantitative estimate of drug-likeness (QED) is 0.806. The van der Waals surface area contributed by atoms with Gasteiger partial charge in [0, 0.05) is 36.3 Å². The van der Waals surface area contributed by atoms with E-state index in [0.717, 1.165) is 41.0 Å². The van der Waals surface area contributed by atoms with Crippen molar-refractivity contribution >= 4 is 5.91 Å². The molecule has 0 spiro atoms. The Morgan fingerprint density at radius 1 is 1.04 bits per heavy atom. The van der Waals surface area contributed by atoms with Crippen molar-refractivity contribution in [1.82, 2.24) is 15.1 Å². The van der Waals surface area contributed by atoms with Gasteiger partial charge in [-0.15, -0.1) is 0 Å². The van der Waals surface area contributed by atoms with Gasteiger partial charge in [-0.25, -0.2) is 0 Å². The van der Waals surface area contributed by atoms with Crippen molar-refractivity contribution in [3.8, 4) is 11.3 Å². The summed E-state index contributed by atoms with van der Waals surface area (Å²) in [4.78, 5) is 14.6. The second kappa shape index (κ2) is 6.32. The summed E-state index contributed by atoms with van der Waals surface area (Å²) in [5, 5.41) is 7.63. The van der Waals surface area contributed by atoms with Gasteiger partial charge in [-0.2, -0.15) is 5.10 Å². The molecule has 3 aromatic rings. The van der Waals surface area contributed by atoms with Crippen LogP contribution in [0.25, 0.3) is 11.3 Å². The molecular formula is C20H19N3O. The number of nitrogens with one attached hydrogen (secondary N) is 1. The van der Waals surface area contributed by atoms with E-state index in [9.17, 15) is 4.79 Å². The molecule has 2 aromatic carbocycles. The molecule has 1 aliphatic heterocycles. The lowest BCUT2D eigenvalue weighted by Gasteiger charge is -2.27. The number of carbonyl (C=O) groups excluding carboxylic acids is 1. The molecule has 24 heavy (non-hydrogen) atoms. The molecule has 0 atom stereocenters. The zero-order chi connectivity index (χ0) is 16.4. The lowest BCUT2D eigenvalue weighted by atomic mass is 10.0. The molecule has 1 aromatic heterocycles. The first-order valence-corrected chi connectivity index (χ1v) is 8.24. The Morgan fingerprint density at radius 2 is 1.75 bits per heavy atom. The number of hydrogen-bond donors (Lipinski definition) is 1. The van der Waals surface area contributed by atoms with Crippen LogP contribution in [0.15, 0.2) is 60.7 Å². The summed E-state index contributed by atoms with van der Waals surface area (Å²) in [6, 6.07) is 20.1. The summed E-state index contributed by atoms with van der Waals surface area (Å²) in [7, 11) is 0. The highest BCUT2D eigenvalue weighted by Crippen LogP contribution is 2.28. The first-order chi connectivity index (χ1) is 11.8. The Hall–Kier alpha value is -2.88. The van der Waals surface area contributed by atoms with E-state index in [4.69, 9.17) is 0 Å². The van der Waals surface area contributed by atoms with Crippen LogP contribution in [-0.4, -0.2) is 27.5 Å². The van der Waals surface area contributed by atoms with Crippen LogP contribution >= 0.6 is 0 Å². The van der Waals surface area contributed by atoms with Gasteiger partial charge in [0.1, 0.15) is 0 Å². The number of carbonyl (C=O) groups is 1. The van der Waals surface area contributed by atoms with Gasteiger partial charge in [0.25, 0.3) is 0 Å². The van der Waals surface area contributed by atoms with Crippen LogP contribution in [-0.2, 0) is 24.2 Å². The van der Waals surface area contributed by atoms with Gasteiger partial charge in [0.2, 0.25) is 5.91 Å². The molecule has 1 aliphatic rings. The fourth-order valence-electron chi connectivity index (χ4n) is 3.23. The third-order valence-corrected chi connectivity index (χ3v) is 4.53. The maximum atomic E-state index is 12.6. The van der Waals surface area contributed by atoms with Gasteiger partial charge in [0.15, 0.2) is 0 Å². The van der Waals surface area contributed by atoms with E-state index >= 15 is 0 Å². The maximum Gasteiger partial charge on any atom is 0.227 e. The van der Waals surface area contributed by atoms with Gasteiger partial charge in [-0.3, -0.25) is 9.89 Å². The zero-order valence-electron chi connectivity index (χ0n) is 13.4. The average Bonchev–Trinajstić information content (AvgIpc) is 3.06. The molecule has 4 heteroatoms. The number of rotatable bonds is 3. The molecule has 2 heterocycles. The molecule has 1 N–H and O–H groups in total. The largest absolute Gasteiger partial charge is 0.338 e. The fraction of sp³-hybridized carbons (Fsp3) is 0.200. The summed E-state index contributed by atoms with van der Waals surface area (Å²) in [6.45, 7) is 1.37. The minimum atomic E-state index is 0.173. The highest BCUT2D eigenvalue weighted by molar-refractivity contribution is 5.79. The van der Waals surface area contributed by atoms with Gasteiger partial charge < -0.3 is 4.90 Å². The van der Waals surface area contributed by atoms with E-state index in [1.165, 1.54) is 0 Å². The number of aromatic amines is 1. The summed E-state index contributed by atoms with van der Waals surface area (Å²) < 4.78 is 0. The van der Waals surface area contributed by atoms with Gasteiger partial charge in [-0.1, -0.05) is 60.7 Å². The number of H-pyrrole nitrogens is 1. The topological polar surface area (TPSA) is 49.0 Å². The molecular weight excluding hydrogens is 298 g/mol. The SMILES string of the molecule is O=C(Cc1ccccc1)N1CCc2[nH]nc(-c3ccccc3)c2C1. The Labute approximate surface area is 141 Å². The fourth-order valence-corrected chi connectivity index (χ4v) is 3.23. The molecule has 0 saturated heterocycles. The number of amides is 1. The summed E-state index contributed by atoms with van der Waals surface area (Å²) in [5.74, 6) is 0.173. The molecule has 1 amide bonds. The molecule has 0 aliphatic carbocycles. The molecule has 0 radical (unpaired) electrons. The van der Waals surface area contributed by atoms with Crippen LogP contribution in [0.5, 0.6) is 0 Å². The second-order valence-corrected chi connectivity index (χ2v) is 6.12. The van der Waals surface area contributed by atoms with Crippen molar-refractivity contribution in [1.29, 1.82) is 0 Å². The third-order valence-electron chi connectivity index (χ3n) is 4.53. The molecule has 4 nitrogen and oxygen atoms in total. The number of aromatic nitrogens is 2. The smallest absolute Gasteiger partial charge is 0.227 e. The lowest BCUT2D eigenvalue weighted by molar-refractivity contribution is -0.131. The van der Waals surface area contributed by atoms with Crippen LogP contribution in [0.2, 0.25) is 0 Å². The molecule has 4 rings (SSSR count). The minimum absolute atomic E-state index is 0.173. The van der Waals surface area contributed by atoms with Crippen LogP contribution in [0.3, 0.4) is 0 Å². The normalized spacial score (nSPS) is 13.6. The Balaban J connectivity index is 1.55. The second-order valence-electron chi connectivity index (χ2n) is 6.12. The summed E-state index contributed by atoms with van der Waals surface area (Å²) >= 11 is 0. The standard InChI is InChI=1S/C20H19N3O/c24-19(13-15-7-3-1-4-8-15)23-12-11-18-17(14-23)20(22-21-18)16-9-5-2-6-10-16/h1-10H,11-14H2,(H,21,22). The predicted molar refractivity (Wildman–Crippen MR) is 93.3 cm³/mol. The first-order valence-electron chi connectivity index (χ1n) is 8.24. The summed E-state index contributed by atoms with van der Waals surface area (Å²) in [6.07, 6.45) is 1.28. The van der Waals surface area contributed by atoms with E-state index in [2.05, 4.69) is 22.3 Å². The van der Waals surface area contributed by atoms with Crippen molar-refractivity contribution in [3.63, 3.8) is 0 Å². The van der Waals surface area contributed by atoms with Crippen LogP contribution < -0.4 is 0 Å². The third kappa shape index (κ3) is 2.83. The maximum absolute atomic E-state index is 12.6. The Morgan fingerprint density at radius 3 is 2.50 bits per heavy atom. The number of hydrogen-bond acceptors (Lipinski definition) is 2. The van der Waals surface area contributed by atoms with Crippen molar-refractivity contribution in [3.05, 3.63) is 77.5 Å². The first kappa shape index (κ1) is 14.7. The van der Waals surface area contributed by atoms with Gasteiger partial charge in [-0.05, 0) is 5.56 Å². The molecule has 0 bridgehead atoms. The van der Waals surface area contributed by atoms with Crippen molar-refractivity contribution in [2.45, 2.75) is 19.4 Å². The van der Waals surface area contributed by atoms with Gasteiger partial charge in [0.05, 0.1) is 12.1 Å². The van der Waals surface area contributed by atoms with E-state index in [1.54, 1.807) is 0 Å². The van der Waals surface area contributed by atoms with E-state index in [1.807, 2.05) is 53.4 Å². The van der Waals surface area contributed by atoms with E-state index in [-0.39, 0.29) is 5.91 Å². The lowest BCUT2D eigenvalue weighted by Crippen LogP contribution is -2.36. The van der Waals surface area contributed by atoms with Crippen LogP contribution in [0.1, 0.15) is 16.8 Å². The molecule has 0 saturated carbocycles. The van der Waals surface area contributed by atoms with Crippen molar-refractivity contribution in [2.24, 2.45) is 0 Å². The minimum Gasteiger partial charge on any atom is -0.338 e. The van der Waals surface area contributed by atoms with E-state index in [0.29, 0.717) is 13.0 Å². The molecule has 0 unspecified atom stereocenters. The van der Waals surface area contributed by atoms with Crippen molar-refractivity contribution in [2.75, 3.05) is 6.54 Å². The zero-order valence-corrected chi connectivity index (χ0v) is 13.4. The number of fused-ring (bicyclic) bond motifs is 1. The highest BCUT2D eigenvalue weighted by Gasteiger charge is 2.25. The van der Waals surface area contributed by atoms with Crippen molar-refractivity contribution < 1.29 is 4.79 Å². The average molecular weight is 317 g/mol. The monoisotopic (exact) mass is 317 g/mol. The van der Waals surface area contributed by atoms with Crippen LogP contribution in [0.4, 0.5) is 0 Å². The molecule has 0 fully saturated rings.